The highest BCUT2D eigenvalue weighted by Crippen LogP contribution is 2.26. The Bertz CT molecular complexity index is 1450. The van der Waals surface area contributed by atoms with Crippen molar-refractivity contribution in [1.82, 2.24) is 19.7 Å². The molecule has 1 aliphatic rings. The van der Waals surface area contributed by atoms with Crippen molar-refractivity contribution in [3.63, 3.8) is 0 Å². The van der Waals surface area contributed by atoms with Gasteiger partial charge >= 0.3 is 0 Å². The van der Waals surface area contributed by atoms with E-state index in [0.29, 0.717) is 31.7 Å². The minimum Gasteiger partial charge on any atom is -0.368 e. The highest BCUT2D eigenvalue weighted by Gasteiger charge is 2.27. The molecule has 5 rings (SSSR count). The summed E-state index contributed by atoms with van der Waals surface area (Å²) in [5.41, 5.74) is 2.76. The molecule has 0 spiro atoms. The second-order valence-electron chi connectivity index (χ2n) is 8.23. The van der Waals surface area contributed by atoms with Crippen LogP contribution in [-0.2, 0) is 14.8 Å². The summed E-state index contributed by atoms with van der Waals surface area (Å²) in [6, 6.07) is 12.8. The fourth-order valence-electron chi connectivity index (χ4n) is 4.29. The Balaban J connectivity index is 1.22. The standard InChI is InChI=1S/C23H23FN6O3S2/c1-16(30-10-9-17-3-2-4-20(24)21(17)30)22(31)29-13-11-28(12-14-29)18-5-7-19(8-6-18)35(32,33)27-23-26-25-15-34-23/h2-10,15-16H,11-14H2,1H3,(H,26,27)/t16-/m0/s1. The molecule has 182 valence electrons. The van der Waals surface area contributed by atoms with Crippen LogP contribution in [0.25, 0.3) is 10.9 Å². The largest absolute Gasteiger partial charge is 0.368 e. The van der Waals surface area contributed by atoms with Gasteiger partial charge in [-0.2, -0.15) is 0 Å². The third kappa shape index (κ3) is 4.58. The Labute approximate surface area is 205 Å². The van der Waals surface area contributed by atoms with Crippen molar-refractivity contribution in [3.05, 3.63) is 66.1 Å². The number of sulfonamides is 1. The summed E-state index contributed by atoms with van der Waals surface area (Å²) in [7, 11) is -3.74. The molecule has 1 atom stereocenters. The normalized spacial score (nSPS) is 15.4. The van der Waals surface area contributed by atoms with E-state index in [-0.39, 0.29) is 21.8 Å². The maximum atomic E-state index is 14.4. The van der Waals surface area contributed by atoms with Gasteiger partial charge in [0.1, 0.15) is 17.4 Å². The van der Waals surface area contributed by atoms with Gasteiger partial charge in [0.15, 0.2) is 0 Å². The van der Waals surface area contributed by atoms with Crippen LogP contribution in [0.5, 0.6) is 0 Å². The van der Waals surface area contributed by atoms with Crippen LogP contribution in [-0.4, -0.2) is 60.2 Å². The lowest BCUT2D eigenvalue weighted by Gasteiger charge is -2.37. The lowest BCUT2D eigenvalue weighted by molar-refractivity contribution is -0.134. The zero-order valence-corrected chi connectivity index (χ0v) is 20.5. The molecule has 0 bridgehead atoms. The van der Waals surface area contributed by atoms with Gasteiger partial charge in [-0.3, -0.25) is 9.52 Å². The average Bonchev–Trinajstić information content (AvgIpc) is 3.54. The van der Waals surface area contributed by atoms with Crippen LogP contribution in [0.2, 0.25) is 0 Å². The van der Waals surface area contributed by atoms with E-state index in [1.54, 1.807) is 52.9 Å². The summed E-state index contributed by atoms with van der Waals surface area (Å²) < 4.78 is 43.5. The minimum atomic E-state index is -3.74. The number of halogens is 1. The van der Waals surface area contributed by atoms with E-state index in [1.807, 2.05) is 12.1 Å². The Kier molecular flexibility index (Phi) is 6.15. The number of hydrogen-bond acceptors (Lipinski definition) is 7. The molecule has 1 fully saturated rings. The fraction of sp³-hybridized carbons (Fsp3) is 0.261. The third-order valence-electron chi connectivity index (χ3n) is 6.15. The summed E-state index contributed by atoms with van der Waals surface area (Å²) in [5, 5.41) is 8.30. The summed E-state index contributed by atoms with van der Waals surface area (Å²) in [5.74, 6) is -0.407. The number of nitrogens with one attached hydrogen (secondary N) is 1. The first kappa shape index (κ1) is 23.2. The van der Waals surface area contributed by atoms with Crippen LogP contribution in [0.1, 0.15) is 13.0 Å². The number of benzene rings is 2. The minimum absolute atomic E-state index is 0.0606. The van der Waals surface area contributed by atoms with E-state index in [1.165, 1.54) is 11.6 Å². The number of para-hydroxylation sites is 1. The molecule has 12 heteroatoms. The van der Waals surface area contributed by atoms with Crippen LogP contribution in [0, 0.1) is 5.82 Å². The molecule has 4 aromatic rings. The summed E-state index contributed by atoms with van der Waals surface area (Å²) in [6.45, 7) is 4.03. The molecule has 1 amide bonds. The van der Waals surface area contributed by atoms with Crippen LogP contribution >= 0.6 is 11.3 Å². The lowest BCUT2D eigenvalue weighted by Crippen LogP contribution is -2.50. The fourth-order valence-corrected chi connectivity index (χ4v) is 5.99. The quantitative estimate of drug-likeness (QED) is 0.424. The lowest BCUT2D eigenvalue weighted by atomic mass is 10.2. The molecule has 1 aliphatic heterocycles. The SMILES string of the molecule is C[C@@H](C(=O)N1CCN(c2ccc(S(=O)(=O)Nc3nncs3)cc2)CC1)n1ccc2cccc(F)c21. The molecule has 3 heterocycles. The highest BCUT2D eigenvalue weighted by molar-refractivity contribution is 7.93. The molecule has 1 saturated heterocycles. The Morgan fingerprint density at radius 1 is 1.09 bits per heavy atom. The zero-order chi connectivity index (χ0) is 24.6. The molecule has 1 N–H and O–H groups in total. The predicted molar refractivity (Wildman–Crippen MR) is 133 cm³/mol. The Hall–Kier alpha value is -3.51. The summed E-state index contributed by atoms with van der Waals surface area (Å²) >= 11 is 1.10. The van der Waals surface area contributed by atoms with E-state index in [4.69, 9.17) is 0 Å². The number of aromatic nitrogens is 3. The van der Waals surface area contributed by atoms with E-state index in [0.717, 1.165) is 22.4 Å². The van der Waals surface area contributed by atoms with Crippen LogP contribution < -0.4 is 9.62 Å². The molecule has 35 heavy (non-hydrogen) atoms. The Morgan fingerprint density at radius 2 is 1.83 bits per heavy atom. The van der Waals surface area contributed by atoms with E-state index >= 15 is 0 Å². The van der Waals surface area contributed by atoms with E-state index in [9.17, 15) is 17.6 Å². The molecule has 2 aromatic carbocycles. The first-order valence-electron chi connectivity index (χ1n) is 11.0. The number of hydrogen-bond donors (Lipinski definition) is 1. The smallest absolute Gasteiger partial charge is 0.263 e. The van der Waals surface area contributed by atoms with Crippen LogP contribution in [0.4, 0.5) is 15.2 Å². The molecule has 0 unspecified atom stereocenters. The molecule has 0 saturated carbocycles. The summed E-state index contributed by atoms with van der Waals surface area (Å²) in [4.78, 5) is 17.2. The van der Waals surface area contributed by atoms with Crippen LogP contribution in [0.15, 0.2) is 65.1 Å². The highest BCUT2D eigenvalue weighted by atomic mass is 32.2. The van der Waals surface area contributed by atoms with Gasteiger partial charge in [-0.05, 0) is 43.3 Å². The number of carbonyl (C=O) groups is 1. The van der Waals surface area contributed by atoms with Crippen molar-refractivity contribution in [3.8, 4) is 0 Å². The molecule has 0 aliphatic carbocycles. The molecular formula is C23H23FN6O3S2. The van der Waals surface area contributed by atoms with Crippen molar-refractivity contribution in [2.24, 2.45) is 0 Å². The number of fused-ring (bicyclic) bond motifs is 1. The topological polar surface area (TPSA) is 100 Å². The number of nitrogens with zero attached hydrogens (tertiary/aromatic N) is 5. The molecular weight excluding hydrogens is 491 g/mol. The van der Waals surface area contributed by atoms with E-state index < -0.39 is 16.1 Å². The number of amides is 1. The first-order valence-corrected chi connectivity index (χ1v) is 13.4. The van der Waals surface area contributed by atoms with Crippen molar-refractivity contribution in [2.75, 3.05) is 35.8 Å². The van der Waals surface area contributed by atoms with Gasteiger partial charge in [0, 0.05) is 43.4 Å². The van der Waals surface area contributed by atoms with Gasteiger partial charge in [-0.1, -0.05) is 23.5 Å². The number of rotatable bonds is 6. The zero-order valence-electron chi connectivity index (χ0n) is 18.8. The maximum absolute atomic E-state index is 14.4. The molecule has 9 nitrogen and oxygen atoms in total. The van der Waals surface area contributed by atoms with Crippen molar-refractivity contribution in [1.29, 1.82) is 0 Å². The van der Waals surface area contributed by atoms with Crippen molar-refractivity contribution in [2.45, 2.75) is 17.9 Å². The maximum Gasteiger partial charge on any atom is 0.263 e. The second kappa shape index (κ2) is 9.27. The third-order valence-corrected chi connectivity index (χ3v) is 8.24. The first-order chi connectivity index (χ1) is 16.8. The second-order valence-corrected chi connectivity index (χ2v) is 10.7. The monoisotopic (exact) mass is 514 g/mol. The predicted octanol–water partition coefficient (Wildman–Crippen LogP) is 3.34. The van der Waals surface area contributed by atoms with Crippen molar-refractivity contribution >= 4 is 49.0 Å². The van der Waals surface area contributed by atoms with Crippen LogP contribution in [0.3, 0.4) is 0 Å². The van der Waals surface area contributed by atoms with Gasteiger partial charge in [-0.25, -0.2) is 12.8 Å². The number of anilines is 2. The summed E-state index contributed by atoms with van der Waals surface area (Å²) in [6.07, 6.45) is 1.75. The van der Waals surface area contributed by atoms with Gasteiger partial charge in [-0.15, -0.1) is 10.2 Å². The molecule has 2 aromatic heterocycles. The van der Waals surface area contributed by atoms with Gasteiger partial charge in [0.25, 0.3) is 10.0 Å². The van der Waals surface area contributed by atoms with Gasteiger partial charge < -0.3 is 14.4 Å². The molecule has 0 radical (unpaired) electrons. The Morgan fingerprint density at radius 3 is 2.51 bits per heavy atom. The van der Waals surface area contributed by atoms with Gasteiger partial charge in [0.05, 0.1) is 10.4 Å². The average molecular weight is 515 g/mol. The van der Waals surface area contributed by atoms with E-state index in [2.05, 4.69) is 19.8 Å². The van der Waals surface area contributed by atoms with Crippen molar-refractivity contribution < 1.29 is 17.6 Å². The van der Waals surface area contributed by atoms with Gasteiger partial charge in [0.2, 0.25) is 11.0 Å². The number of carbonyl (C=O) groups excluding carboxylic acids is 1. The number of piperazine rings is 1.